The molecule has 1 amide bonds. The first-order valence-electron chi connectivity index (χ1n) is 10.2. The Morgan fingerprint density at radius 2 is 2.24 bits per heavy atom. The number of carbonyl (C=O) groups is 1. The quantitative estimate of drug-likeness (QED) is 0.505. The number of nitrogens with zero attached hydrogens (tertiary/aromatic N) is 3. The van der Waals surface area contributed by atoms with Gasteiger partial charge in [0.05, 0.1) is 35.2 Å². The van der Waals surface area contributed by atoms with Gasteiger partial charge in [0, 0.05) is 33.0 Å². The molecule has 0 radical (unpaired) electrons. The van der Waals surface area contributed by atoms with E-state index in [9.17, 15) is 9.18 Å². The molecule has 0 saturated carbocycles. The van der Waals surface area contributed by atoms with Gasteiger partial charge in [-0.15, -0.1) is 0 Å². The van der Waals surface area contributed by atoms with E-state index in [4.69, 9.17) is 32.5 Å². The smallest absolute Gasteiger partial charge is 0.277 e. The number of aromatic nitrogens is 3. The Kier molecular flexibility index (Phi) is 8.75. The molecule has 0 bridgehead atoms. The van der Waals surface area contributed by atoms with Gasteiger partial charge in [0.2, 0.25) is 0 Å². The lowest BCUT2D eigenvalue weighted by Gasteiger charge is -2.17. The Hall–Kier alpha value is -2.57. The topological polar surface area (TPSA) is 130 Å². The molecule has 4 rings (SSSR count). The maximum absolute atomic E-state index is 14.0. The summed E-state index contributed by atoms with van der Waals surface area (Å²) in [6.45, 7) is 1.48. The number of nitrogens with two attached hydrogens (primary N) is 2. The minimum atomic E-state index is -0.523. The number of methoxy groups -OCH3 is 1. The molecule has 33 heavy (non-hydrogen) atoms. The number of nitrogen functional groups attached to an aromatic ring is 1. The van der Waals surface area contributed by atoms with Crippen molar-refractivity contribution in [2.24, 2.45) is 12.8 Å². The predicted molar refractivity (Wildman–Crippen MR) is 127 cm³/mol. The molecule has 1 saturated heterocycles. The third-order valence-corrected chi connectivity index (χ3v) is 6.11. The van der Waals surface area contributed by atoms with Crippen LogP contribution in [0, 0.1) is 5.82 Å². The summed E-state index contributed by atoms with van der Waals surface area (Å²) in [5.74, 6) is -1.02. The van der Waals surface area contributed by atoms with Crippen LogP contribution in [0.3, 0.4) is 0 Å². The van der Waals surface area contributed by atoms with Crippen LogP contribution in [0.1, 0.15) is 23.3 Å². The fourth-order valence-corrected chi connectivity index (χ4v) is 4.35. The zero-order valence-electron chi connectivity index (χ0n) is 18.3. The highest BCUT2D eigenvalue weighted by molar-refractivity contribution is 7.19. The molecule has 1 aliphatic heterocycles. The number of aryl methyl sites for hydroxylation is 1. The highest BCUT2D eigenvalue weighted by Crippen LogP contribution is 2.36. The summed E-state index contributed by atoms with van der Waals surface area (Å²) in [4.78, 5) is 16.4. The third-order valence-electron chi connectivity index (χ3n) is 4.90. The number of rotatable bonds is 4. The van der Waals surface area contributed by atoms with Gasteiger partial charge in [-0.05, 0) is 25.0 Å². The lowest BCUT2D eigenvalue weighted by Crippen LogP contribution is -2.37. The zero-order valence-corrected chi connectivity index (χ0v) is 19.8. The molecule has 2 aromatic heterocycles. The van der Waals surface area contributed by atoms with Gasteiger partial charge in [-0.1, -0.05) is 29.0 Å². The first kappa shape index (κ1) is 25.1. The van der Waals surface area contributed by atoms with E-state index in [1.165, 1.54) is 18.3 Å². The van der Waals surface area contributed by atoms with Crippen molar-refractivity contribution in [3.63, 3.8) is 0 Å². The van der Waals surface area contributed by atoms with E-state index in [2.05, 4.69) is 15.4 Å². The second kappa shape index (κ2) is 11.5. The van der Waals surface area contributed by atoms with Gasteiger partial charge in [-0.3, -0.25) is 9.48 Å². The predicted octanol–water partition coefficient (Wildman–Crippen LogP) is 3.31. The summed E-state index contributed by atoms with van der Waals surface area (Å²) in [5.41, 5.74) is 12.3. The van der Waals surface area contributed by atoms with Crippen LogP contribution in [0.25, 0.3) is 10.6 Å². The molecule has 1 fully saturated rings. The van der Waals surface area contributed by atoms with Gasteiger partial charge in [0.25, 0.3) is 5.91 Å². The van der Waals surface area contributed by atoms with Crippen molar-refractivity contribution in [1.29, 1.82) is 0 Å². The summed E-state index contributed by atoms with van der Waals surface area (Å²) < 4.78 is 25.9. The van der Waals surface area contributed by atoms with Crippen LogP contribution in [0.4, 0.5) is 15.1 Å². The van der Waals surface area contributed by atoms with Crippen molar-refractivity contribution in [1.82, 2.24) is 14.8 Å². The average Bonchev–Trinajstić information content (AvgIpc) is 3.28. The van der Waals surface area contributed by atoms with Crippen LogP contribution in [0.5, 0.6) is 0 Å². The first-order chi connectivity index (χ1) is 15.8. The van der Waals surface area contributed by atoms with E-state index in [1.807, 2.05) is 0 Å². The van der Waals surface area contributed by atoms with E-state index in [-0.39, 0.29) is 38.4 Å². The summed E-state index contributed by atoms with van der Waals surface area (Å²) in [7, 11) is 3.41. The van der Waals surface area contributed by atoms with Crippen LogP contribution in [-0.4, -0.2) is 53.1 Å². The summed E-state index contributed by atoms with van der Waals surface area (Å²) >= 11 is 7.01. The highest BCUT2D eigenvalue weighted by atomic mass is 35.5. The Morgan fingerprint density at radius 1 is 1.45 bits per heavy atom. The Morgan fingerprint density at radius 3 is 2.91 bits per heavy atom. The molecule has 12 heteroatoms. The Bertz CT molecular complexity index is 1070. The second-order valence-corrected chi connectivity index (χ2v) is 8.78. The maximum atomic E-state index is 14.0. The summed E-state index contributed by atoms with van der Waals surface area (Å²) in [6.07, 6.45) is 5.30. The largest absolute Gasteiger partial charge is 0.389 e. The van der Waals surface area contributed by atoms with Crippen LogP contribution < -0.4 is 16.8 Å². The molecule has 1 aliphatic rings. The van der Waals surface area contributed by atoms with Crippen molar-refractivity contribution in [2.75, 3.05) is 31.4 Å². The minimum Gasteiger partial charge on any atom is -0.389 e. The maximum Gasteiger partial charge on any atom is 0.277 e. The van der Waals surface area contributed by atoms with Crippen LogP contribution in [0.2, 0.25) is 5.02 Å². The lowest BCUT2D eigenvalue weighted by atomic mass is 10.1. The van der Waals surface area contributed by atoms with Gasteiger partial charge in [0.1, 0.15) is 15.8 Å². The molecular formula is C21H26ClFN6O3S. The van der Waals surface area contributed by atoms with Crippen molar-refractivity contribution in [3.05, 3.63) is 47.1 Å². The molecule has 9 nitrogen and oxygen atoms in total. The molecule has 2 unspecified atom stereocenters. The first-order valence-corrected chi connectivity index (χ1v) is 11.4. The van der Waals surface area contributed by atoms with E-state index < -0.39 is 11.7 Å². The fraction of sp³-hybridized carbons (Fsp3) is 0.381. The SMILES string of the molecule is COC1COCCCC1N.Cn1cc(NC(=O)c2nc(-c3c(F)cccc3Cl)sc2N)cn1. The van der Waals surface area contributed by atoms with Crippen LogP contribution in [0.15, 0.2) is 30.6 Å². The number of halogens is 2. The number of hydrogen-bond acceptors (Lipinski definition) is 8. The Balaban J connectivity index is 0.000000257. The summed E-state index contributed by atoms with van der Waals surface area (Å²) in [6, 6.07) is 4.47. The molecule has 3 heterocycles. The molecule has 3 aromatic rings. The van der Waals surface area contributed by atoms with Gasteiger partial charge in [-0.25, -0.2) is 9.37 Å². The number of hydrogen-bond donors (Lipinski definition) is 3. The van der Waals surface area contributed by atoms with Crippen molar-refractivity contribution >= 4 is 39.5 Å². The number of thiazole rings is 1. The molecule has 0 spiro atoms. The normalized spacial score (nSPS) is 18.2. The van der Waals surface area contributed by atoms with E-state index in [0.29, 0.717) is 12.3 Å². The van der Waals surface area contributed by atoms with E-state index in [0.717, 1.165) is 30.8 Å². The standard InChI is InChI=1S/C14H11ClFN5OS.C7H15NO2/c1-21-6-7(5-18-21)19-13(22)11-12(17)23-14(20-11)10-8(15)3-2-4-9(10)16;1-9-7-5-10-4-2-3-6(7)8/h2-6H,17H2,1H3,(H,19,22);6-7H,2-5,8H2,1H3. The zero-order chi connectivity index (χ0) is 24.0. The molecule has 178 valence electrons. The van der Waals surface area contributed by atoms with Crippen LogP contribution >= 0.6 is 22.9 Å². The molecule has 2 atom stereocenters. The monoisotopic (exact) mass is 496 g/mol. The van der Waals surface area contributed by atoms with Gasteiger partial charge >= 0.3 is 0 Å². The molecular weight excluding hydrogens is 471 g/mol. The van der Waals surface area contributed by atoms with Gasteiger partial charge < -0.3 is 26.3 Å². The number of ether oxygens (including phenoxy) is 2. The van der Waals surface area contributed by atoms with Crippen molar-refractivity contribution in [2.45, 2.75) is 25.0 Å². The minimum absolute atomic E-state index is 0.0215. The van der Waals surface area contributed by atoms with E-state index in [1.54, 1.807) is 31.1 Å². The number of benzene rings is 1. The number of carbonyl (C=O) groups excluding carboxylic acids is 1. The number of nitrogens with one attached hydrogen (secondary N) is 1. The lowest BCUT2D eigenvalue weighted by molar-refractivity contribution is 0.0122. The van der Waals surface area contributed by atoms with Crippen molar-refractivity contribution in [3.8, 4) is 10.6 Å². The van der Waals surface area contributed by atoms with Gasteiger partial charge in [-0.2, -0.15) is 5.10 Å². The molecule has 0 aliphatic carbocycles. The number of anilines is 2. The van der Waals surface area contributed by atoms with Gasteiger partial charge in [0.15, 0.2) is 5.69 Å². The number of amides is 1. The van der Waals surface area contributed by atoms with Crippen molar-refractivity contribution < 1.29 is 18.7 Å². The Labute approximate surface area is 199 Å². The van der Waals surface area contributed by atoms with Crippen LogP contribution in [-0.2, 0) is 16.5 Å². The molecule has 1 aromatic carbocycles. The molecule has 5 N–H and O–H groups in total. The fourth-order valence-electron chi connectivity index (χ4n) is 3.15. The average molecular weight is 497 g/mol. The second-order valence-electron chi connectivity index (χ2n) is 7.34. The summed E-state index contributed by atoms with van der Waals surface area (Å²) in [5, 5.41) is 7.22. The third kappa shape index (κ3) is 6.49. The highest BCUT2D eigenvalue weighted by Gasteiger charge is 2.21. The van der Waals surface area contributed by atoms with E-state index >= 15 is 0 Å².